The average molecular weight is 373 g/mol. The number of halogens is 1. The molecule has 0 unspecified atom stereocenters. The Hall–Kier alpha value is -1.27. The van der Waals surface area contributed by atoms with Gasteiger partial charge in [-0.25, -0.2) is 8.42 Å². The number of sulfonamides is 1. The molecule has 0 radical (unpaired) electrons. The molecule has 1 aliphatic rings. The second-order valence-electron chi connectivity index (χ2n) is 6.35. The summed E-state index contributed by atoms with van der Waals surface area (Å²) in [5, 5.41) is 0.523. The molecule has 1 fully saturated rings. The molecule has 1 amide bonds. The number of hydrogen-bond acceptors (Lipinski definition) is 3. The highest BCUT2D eigenvalue weighted by molar-refractivity contribution is 7.92. The fourth-order valence-electron chi connectivity index (χ4n) is 3.34. The summed E-state index contributed by atoms with van der Waals surface area (Å²) in [6.45, 7) is 1.83. The highest BCUT2D eigenvalue weighted by atomic mass is 35.5. The molecule has 1 aromatic carbocycles. The van der Waals surface area contributed by atoms with Crippen LogP contribution >= 0.6 is 11.6 Å². The quantitative estimate of drug-likeness (QED) is 0.769. The van der Waals surface area contributed by atoms with Crippen LogP contribution in [-0.4, -0.2) is 44.6 Å². The van der Waals surface area contributed by atoms with Crippen LogP contribution in [0.5, 0.6) is 0 Å². The van der Waals surface area contributed by atoms with Gasteiger partial charge in [0.2, 0.25) is 15.9 Å². The van der Waals surface area contributed by atoms with Crippen LogP contribution in [-0.2, 0) is 14.8 Å². The van der Waals surface area contributed by atoms with E-state index in [1.54, 1.807) is 36.2 Å². The van der Waals surface area contributed by atoms with E-state index in [1.165, 1.54) is 4.31 Å². The van der Waals surface area contributed by atoms with Crippen LogP contribution < -0.4 is 4.31 Å². The molecule has 0 aliphatic heterocycles. The maximum Gasteiger partial charge on any atom is 0.246 e. The fraction of sp³-hybridized carbons (Fsp3) is 0.588. The van der Waals surface area contributed by atoms with Gasteiger partial charge in [0.15, 0.2) is 0 Å². The molecule has 1 saturated carbocycles. The van der Waals surface area contributed by atoms with Gasteiger partial charge >= 0.3 is 0 Å². The molecule has 24 heavy (non-hydrogen) atoms. The Morgan fingerprint density at radius 2 is 1.79 bits per heavy atom. The molecule has 1 aromatic rings. The van der Waals surface area contributed by atoms with Gasteiger partial charge in [0, 0.05) is 18.1 Å². The average Bonchev–Trinajstić information content (AvgIpc) is 3.05. The van der Waals surface area contributed by atoms with E-state index in [2.05, 4.69) is 0 Å². The summed E-state index contributed by atoms with van der Waals surface area (Å²) in [4.78, 5) is 14.7. The zero-order valence-electron chi connectivity index (χ0n) is 14.4. The van der Waals surface area contributed by atoms with Crippen molar-refractivity contribution in [3.8, 4) is 0 Å². The van der Waals surface area contributed by atoms with Gasteiger partial charge in [-0.05, 0) is 43.5 Å². The first-order chi connectivity index (χ1) is 11.3. The van der Waals surface area contributed by atoms with Crippen LogP contribution in [0.25, 0.3) is 0 Å². The molecule has 0 N–H and O–H groups in total. The molecule has 134 valence electrons. The Morgan fingerprint density at radius 1 is 1.25 bits per heavy atom. The summed E-state index contributed by atoms with van der Waals surface area (Å²) in [5.41, 5.74) is 0.460. The molecular formula is C17H25ClN2O3S. The summed E-state index contributed by atoms with van der Waals surface area (Å²) in [5.74, 6) is -0.148. The summed E-state index contributed by atoms with van der Waals surface area (Å²) < 4.78 is 26.0. The number of carbonyl (C=O) groups is 1. The summed E-state index contributed by atoms with van der Waals surface area (Å²) >= 11 is 5.90. The van der Waals surface area contributed by atoms with Gasteiger partial charge in [0.25, 0.3) is 0 Å². The minimum absolute atomic E-state index is 0.148. The highest BCUT2D eigenvalue weighted by Crippen LogP contribution is 2.28. The van der Waals surface area contributed by atoms with Gasteiger partial charge in [-0.3, -0.25) is 9.10 Å². The largest absolute Gasteiger partial charge is 0.341 e. The number of rotatable bonds is 6. The van der Waals surface area contributed by atoms with Crippen molar-refractivity contribution >= 4 is 33.2 Å². The maximum atomic E-state index is 13.0. The van der Waals surface area contributed by atoms with E-state index in [-0.39, 0.29) is 11.9 Å². The van der Waals surface area contributed by atoms with E-state index in [0.717, 1.165) is 31.9 Å². The predicted octanol–water partition coefficient (Wildman–Crippen LogP) is 3.29. The summed E-state index contributed by atoms with van der Waals surface area (Å²) in [6, 6.07) is 5.99. The Bertz CT molecular complexity index is 670. The molecule has 5 nitrogen and oxygen atoms in total. The molecule has 0 saturated heterocycles. The van der Waals surface area contributed by atoms with Gasteiger partial charge in [-0.1, -0.05) is 31.4 Å². The minimum atomic E-state index is -3.60. The Balaban J connectivity index is 2.35. The number of carbonyl (C=O) groups excluding carboxylic acids is 1. The zero-order valence-corrected chi connectivity index (χ0v) is 16.0. The molecular weight excluding hydrogens is 348 g/mol. The number of amides is 1. The third-order valence-electron chi connectivity index (χ3n) is 4.61. The van der Waals surface area contributed by atoms with E-state index >= 15 is 0 Å². The van der Waals surface area contributed by atoms with Gasteiger partial charge < -0.3 is 4.90 Å². The van der Waals surface area contributed by atoms with Gasteiger partial charge in [-0.15, -0.1) is 0 Å². The predicted molar refractivity (Wildman–Crippen MR) is 97.9 cm³/mol. The van der Waals surface area contributed by atoms with Crippen LogP contribution in [0.15, 0.2) is 24.3 Å². The summed E-state index contributed by atoms with van der Waals surface area (Å²) in [7, 11) is -1.82. The second-order valence-corrected chi connectivity index (χ2v) is 8.64. The maximum absolute atomic E-state index is 13.0. The van der Waals surface area contributed by atoms with Gasteiger partial charge in [-0.2, -0.15) is 0 Å². The Labute approximate surface area is 149 Å². The van der Waals surface area contributed by atoms with E-state index < -0.39 is 16.1 Å². The minimum Gasteiger partial charge on any atom is -0.341 e. The van der Waals surface area contributed by atoms with E-state index in [9.17, 15) is 13.2 Å². The number of nitrogens with zero attached hydrogens (tertiary/aromatic N) is 2. The van der Waals surface area contributed by atoms with Gasteiger partial charge in [0.05, 0.1) is 11.9 Å². The first kappa shape index (κ1) is 19.1. The van der Waals surface area contributed by atoms with Crippen LogP contribution in [0.3, 0.4) is 0 Å². The van der Waals surface area contributed by atoms with Crippen LogP contribution in [0.4, 0.5) is 5.69 Å². The lowest BCUT2D eigenvalue weighted by Crippen LogP contribution is -2.51. The Morgan fingerprint density at radius 3 is 2.25 bits per heavy atom. The van der Waals surface area contributed by atoms with Crippen molar-refractivity contribution in [3.63, 3.8) is 0 Å². The van der Waals surface area contributed by atoms with Gasteiger partial charge in [0.1, 0.15) is 6.04 Å². The zero-order chi connectivity index (χ0) is 17.9. The molecule has 1 atom stereocenters. The van der Waals surface area contributed by atoms with Crippen molar-refractivity contribution in [2.24, 2.45) is 0 Å². The SMILES string of the molecule is CC[C@@H](C(=O)N(C)C1CCCC1)N(c1ccc(Cl)cc1)S(C)(=O)=O. The third-order valence-corrected chi connectivity index (χ3v) is 6.05. The molecule has 0 bridgehead atoms. The second kappa shape index (κ2) is 7.74. The first-order valence-electron chi connectivity index (χ1n) is 8.27. The normalized spacial score (nSPS) is 16.8. The molecule has 0 heterocycles. The van der Waals surface area contributed by atoms with Crippen molar-refractivity contribution in [1.29, 1.82) is 0 Å². The van der Waals surface area contributed by atoms with Crippen molar-refractivity contribution in [2.45, 2.75) is 51.1 Å². The van der Waals surface area contributed by atoms with Crippen molar-refractivity contribution in [2.75, 3.05) is 17.6 Å². The van der Waals surface area contributed by atoms with E-state index in [4.69, 9.17) is 11.6 Å². The molecule has 7 heteroatoms. The monoisotopic (exact) mass is 372 g/mol. The number of benzene rings is 1. The van der Waals surface area contributed by atoms with Crippen LogP contribution in [0.1, 0.15) is 39.0 Å². The lowest BCUT2D eigenvalue weighted by atomic mass is 10.1. The summed E-state index contributed by atoms with van der Waals surface area (Å²) in [6.07, 6.45) is 5.74. The van der Waals surface area contributed by atoms with E-state index in [0.29, 0.717) is 17.1 Å². The Kier molecular flexibility index (Phi) is 6.15. The van der Waals surface area contributed by atoms with E-state index in [1.807, 2.05) is 6.92 Å². The number of hydrogen-bond donors (Lipinski definition) is 0. The van der Waals surface area contributed by atoms with Crippen molar-refractivity contribution in [1.82, 2.24) is 4.90 Å². The fourth-order valence-corrected chi connectivity index (χ4v) is 4.67. The number of anilines is 1. The van der Waals surface area contributed by atoms with Crippen LogP contribution in [0.2, 0.25) is 5.02 Å². The van der Waals surface area contributed by atoms with Crippen molar-refractivity contribution in [3.05, 3.63) is 29.3 Å². The topological polar surface area (TPSA) is 57.7 Å². The number of likely N-dealkylation sites (N-methyl/N-ethyl adjacent to an activating group) is 1. The third kappa shape index (κ3) is 4.22. The molecule has 0 spiro atoms. The first-order valence-corrected chi connectivity index (χ1v) is 10.5. The lowest BCUT2D eigenvalue weighted by molar-refractivity contribution is -0.133. The highest BCUT2D eigenvalue weighted by Gasteiger charge is 2.35. The standard InChI is InChI=1S/C17H25ClN2O3S/c1-4-16(17(21)19(2)14-7-5-6-8-14)20(24(3,22)23)15-11-9-13(18)10-12-15/h9-12,14,16H,4-8H2,1-3H3/t16-/m0/s1. The van der Waals surface area contributed by atoms with Crippen molar-refractivity contribution < 1.29 is 13.2 Å². The molecule has 0 aromatic heterocycles. The molecule has 2 rings (SSSR count). The lowest BCUT2D eigenvalue weighted by Gasteiger charge is -2.35. The smallest absolute Gasteiger partial charge is 0.246 e. The van der Waals surface area contributed by atoms with Crippen LogP contribution in [0, 0.1) is 0 Å². The molecule has 1 aliphatic carbocycles.